The molecule has 1 unspecified atom stereocenters. The van der Waals surface area contributed by atoms with E-state index in [0.717, 1.165) is 13.0 Å². The summed E-state index contributed by atoms with van der Waals surface area (Å²) in [5.74, 6) is -3.35. The van der Waals surface area contributed by atoms with Crippen molar-refractivity contribution in [3.63, 3.8) is 0 Å². The second kappa shape index (κ2) is 11.6. The summed E-state index contributed by atoms with van der Waals surface area (Å²) in [6.45, 7) is 1.15. The molecule has 3 aromatic rings. The molecule has 0 spiro atoms. The first-order valence-corrected chi connectivity index (χ1v) is 11.7. The summed E-state index contributed by atoms with van der Waals surface area (Å²) in [5, 5.41) is 16.2. The van der Waals surface area contributed by atoms with Crippen molar-refractivity contribution in [2.45, 2.75) is 25.0 Å². The van der Waals surface area contributed by atoms with Gasteiger partial charge in [0.25, 0.3) is 5.91 Å². The number of nitrogens with one attached hydrogen (secondary N) is 2. The van der Waals surface area contributed by atoms with Gasteiger partial charge in [-0.25, -0.2) is 9.18 Å². The first-order chi connectivity index (χ1) is 17.9. The number of nitrogens with zero attached hydrogens (tertiary/aromatic N) is 1. The predicted octanol–water partition coefficient (Wildman–Crippen LogP) is 2.87. The van der Waals surface area contributed by atoms with Crippen molar-refractivity contribution in [2.75, 3.05) is 20.2 Å². The number of ketones is 1. The highest BCUT2D eigenvalue weighted by Crippen LogP contribution is 2.30. The topological polar surface area (TPSA) is 127 Å². The van der Waals surface area contributed by atoms with Gasteiger partial charge in [-0.2, -0.15) is 0 Å². The number of halogens is 1. The molecule has 37 heavy (non-hydrogen) atoms. The Morgan fingerprint density at radius 3 is 2.43 bits per heavy atom. The maximum absolute atomic E-state index is 14.6. The van der Waals surface area contributed by atoms with Gasteiger partial charge in [-0.3, -0.25) is 14.6 Å². The Kier molecular flexibility index (Phi) is 8.09. The van der Waals surface area contributed by atoms with E-state index in [-0.39, 0.29) is 22.8 Å². The number of carbonyl (C=O) groups is 3. The molecule has 1 aromatic heterocycles. The molecular formula is C27H26FN3O6. The Hall–Kier alpha value is -4.31. The molecule has 2 atom stereocenters. The minimum atomic E-state index is -0.974. The number of amides is 1. The maximum atomic E-state index is 14.6. The lowest BCUT2D eigenvalue weighted by Gasteiger charge is -2.26. The largest absolute Gasteiger partial charge is 0.507 e. The summed E-state index contributed by atoms with van der Waals surface area (Å²) in [6, 6.07) is 10.6. The van der Waals surface area contributed by atoms with Crippen LogP contribution in [-0.2, 0) is 4.74 Å². The number of hydrogen-bond donors (Lipinski definition) is 3. The number of rotatable bonds is 7. The molecule has 0 radical (unpaired) electrons. The van der Waals surface area contributed by atoms with Gasteiger partial charge in [0.15, 0.2) is 17.3 Å². The van der Waals surface area contributed by atoms with Gasteiger partial charge >= 0.3 is 5.97 Å². The third-order valence-corrected chi connectivity index (χ3v) is 6.09. The van der Waals surface area contributed by atoms with Crippen LogP contribution in [0.2, 0.25) is 0 Å². The fourth-order valence-electron chi connectivity index (χ4n) is 4.09. The number of benzene rings is 2. The quantitative estimate of drug-likeness (QED) is 0.329. The lowest BCUT2D eigenvalue weighted by Crippen LogP contribution is -2.49. The molecule has 1 amide bonds. The van der Waals surface area contributed by atoms with Gasteiger partial charge in [-0.1, -0.05) is 12.1 Å². The van der Waals surface area contributed by atoms with Crippen LogP contribution in [-0.4, -0.2) is 60.1 Å². The van der Waals surface area contributed by atoms with Crippen LogP contribution < -0.4 is 15.4 Å². The third kappa shape index (κ3) is 5.92. The van der Waals surface area contributed by atoms with Gasteiger partial charge in [-0.15, -0.1) is 0 Å². The van der Waals surface area contributed by atoms with Crippen molar-refractivity contribution in [3.05, 3.63) is 89.0 Å². The number of hydrogen-bond acceptors (Lipinski definition) is 8. The van der Waals surface area contributed by atoms with Crippen LogP contribution in [0.25, 0.3) is 0 Å². The molecule has 2 heterocycles. The van der Waals surface area contributed by atoms with Crippen LogP contribution in [0.1, 0.15) is 49.5 Å². The Balaban J connectivity index is 1.47. The van der Waals surface area contributed by atoms with Crippen LogP contribution in [0.5, 0.6) is 11.5 Å². The average Bonchev–Trinajstić information content (AvgIpc) is 3.14. The van der Waals surface area contributed by atoms with Crippen LogP contribution >= 0.6 is 0 Å². The van der Waals surface area contributed by atoms with Crippen molar-refractivity contribution in [1.29, 1.82) is 0 Å². The summed E-state index contributed by atoms with van der Waals surface area (Å²) < 4.78 is 25.2. The highest BCUT2D eigenvalue weighted by atomic mass is 19.1. The van der Waals surface area contributed by atoms with E-state index in [1.807, 2.05) is 0 Å². The first-order valence-electron chi connectivity index (χ1n) is 11.7. The van der Waals surface area contributed by atoms with Crippen LogP contribution in [0.15, 0.2) is 60.9 Å². The molecule has 1 saturated heterocycles. The van der Waals surface area contributed by atoms with Gasteiger partial charge in [0, 0.05) is 30.1 Å². The van der Waals surface area contributed by atoms with Gasteiger partial charge < -0.3 is 25.2 Å². The highest BCUT2D eigenvalue weighted by Gasteiger charge is 2.29. The Bertz CT molecular complexity index is 1280. The molecule has 0 bridgehead atoms. The number of ether oxygens (including phenoxy) is 2. The van der Waals surface area contributed by atoms with E-state index in [2.05, 4.69) is 15.6 Å². The number of carbonyl (C=O) groups excluding carboxylic acids is 3. The number of phenolic OH excluding ortho intramolecular Hbond substituents is 1. The van der Waals surface area contributed by atoms with Gasteiger partial charge in [0.1, 0.15) is 17.4 Å². The highest BCUT2D eigenvalue weighted by molar-refractivity contribution is 6.11. The summed E-state index contributed by atoms with van der Waals surface area (Å²) >= 11 is 0. The van der Waals surface area contributed by atoms with Crippen molar-refractivity contribution < 1.29 is 33.4 Å². The monoisotopic (exact) mass is 507 g/mol. The molecule has 1 aliphatic heterocycles. The Morgan fingerprint density at radius 2 is 1.73 bits per heavy atom. The zero-order valence-corrected chi connectivity index (χ0v) is 20.1. The molecular weight excluding hydrogens is 481 g/mol. The summed E-state index contributed by atoms with van der Waals surface area (Å²) in [7, 11) is 1.25. The molecule has 192 valence electrons. The zero-order valence-electron chi connectivity index (χ0n) is 20.1. The van der Waals surface area contributed by atoms with E-state index in [1.54, 1.807) is 12.1 Å². The van der Waals surface area contributed by atoms with Gasteiger partial charge in [-0.05, 0) is 55.8 Å². The first kappa shape index (κ1) is 25.8. The number of aromatic nitrogens is 1. The van der Waals surface area contributed by atoms with Crippen molar-refractivity contribution in [1.82, 2.24) is 15.6 Å². The summed E-state index contributed by atoms with van der Waals surface area (Å²) in [6.07, 6.45) is 3.78. The lowest BCUT2D eigenvalue weighted by atomic mass is 10.00. The van der Waals surface area contributed by atoms with E-state index in [9.17, 15) is 23.9 Å². The Morgan fingerprint density at radius 1 is 1.03 bits per heavy atom. The number of aromatic hydroxyl groups is 1. The third-order valence-electron chi connectivity index (χ3n) is 6.09. The number of methoxy groups -OCH3 is 1. The van der Waals surface area contributed by atoms with Crippen molar-refractivity contribution in [3.8, 4) is 11.5 Å². The van der Waals surface area contributed by atoms with Crippen molar-refractivity contribution >= 4 is 17.7 Å². The predicted molar refractivity (Wildman–Crippen MR) is 131 cm³/mol. The van der Waals surface area contributed by atoms with E-state index < -0.39 is 41.0 Å². The van der Waals surface area contributed by atoms with Gasteiger partial charge in [0.2, 0.25) is 0 Å². The maximum Gasteiger partial charge on any atom is 0.338 e. The molecule has 2 aromatic carbocycles. The summed E-state index contributed by atoms with van der Waals surface area (Å²) in [5.41, 5.74) is 0.181. The van der Waals surface area contributed by atoms with Crippen LogP contribution in [0.4, 0.5) is 4.39 Å². The average molecular weight is 508 g/mol. The molecule has 0 saturated carbocycles. The van der Waals surface area contributed by atoms with Crippen LogP contribution in [0.3, 0.4) is 0 Å². The summed E-state index contributed by atoms with van der Waals surface area (Å²) in [4.78, 5) is 42.3. The second-order valence-corrected chi connectivity index (χ2v) is 8.49. The standard InChI is InChI=1S/C27H26FN3O6/c1-36-22-9-8-20(32)23(24(22)28)25(33)16-4-6-18(7-5-16)27(35)37-21-3-2-12-30-15-19(21)31-26(34)17-10-13-29-14-11-17/h4-11,13-14,19,21,30,32H,2-3,12,15H2,1H3,(H,31,34)/t19?,21-/m1/s1. The molecule has 1 fully saturated rings. The van der Waals surface area contributed by atoms with E-state index >= 15 is 0 Å². The van der Waals surface area contributed by atoms with E-state index in [0.29, 0.717) is 18.5 Å². The zero-order chi connectivity index (χ0) is 26.4. The number of pyridine rings is 1. The molecule has 4 rings (SSSR count). The van der Waals surface area contributed by atoms with E-state index in [1.165, 1.54) is 55.9 Å². The van der Waals surface area contributed by atoms with Gasteiger partial charge in [0.05, 0.1) is 18.7 Å². The van der Waals surface area contributed by atoms with Crippen LogP contribution in [0, 0.1) is 5.82 Å². The minimum absolute atomic E-state index is 0.0696. The molecule has 10 heteroatoms. The smallest absolute Gasteiger partial charge is 0.338 e. The molecule has 9 nitrogen and oxygen atoms in total. The van der Waals surface area contributed by atoms with E-state index in [4.69, 9.17) is 9.47 Å². The SMILES string of the molecule is COc1ccc(O)c(C(=O)c2ccc(C(=O)O[C@@H]3CCCNCC3NC(=O)c3ccncc3)cc2)c1F. The molecule has 3 N–H and O–H groups in total. The second-order valence-electron chi connectivity index (χ2n) is 8.49. The fraction of sp³-hybridized carbons (Fsp3) is 0.259. The normalized spacial score (nSPS) is 17.4. The fourth-order valence-corrected chi connectivity index (χ4v) is 4.09. The number of phenols is 1. The molecule has 1 aliphatic rings. The minimum Gasteiger partial charge on any atom is -0.507 e. The lowest BCUT2D eigenvalue weighted by molar-refractivity contribution is 0.0192. The molecule has 0 aliphatic carbocycles. The number of esters is 1. The van der Waals surface area contributed by atoms with Crippen molar-refractivity contribution in [2.24, 2.45) is 0 Å². The Labute approximate surface area is 212 Å².